The molecule has 28 heavy (non-hydrogen) atoms. The first-order valence-corrected chi connectivity index (χ1v) is 9.54. The van der Waals surface area contributed by atoms with E-state index < -0.39 is 0 Å². The molecule has 1 aliphatic carbocycles. The Hall–Kier alpha value is -2.99. The Morgan fingerprint density at radius 3 is 2.82 bits per heavy atom. The summed E-state index contributed by atoms with van der Waals surface area (Å²) in [5.74, 6) is 2.69. The quantitative estimate of drug-likeness (QED) is 0.453. The molecule has 4 rings (SSSR count). The van der Waals surface area contributed by atoms with Crippen molar-refractivity contribution < 1.29 is 9.47 Å². The first-order chi connectivity index (χ1) is 13.7. The van der Waals surface area contributed by atoms with Crippen LogP contribution in [-0.4, -0.2) is 49.5 Å². The molecular weight excluding hydrogens is 352 g/mol. The lowest BCUT2D eigenvalue weighted by Gasteiger charge is -2.13. The Labute approximate surface area is 165 Å². The van der Waals surface area contributed by atoms with E-state index in [0.29, 0.717) is 6.61 Å². The monoisotopic (exact) mass is 378 g/mol. The number of methoxy groups -OCH3 is 1. The molecule has 0 radical (unpaired) electrons. The van der Waals surface area contributed by atoms with Gasteiger partial charge in [-0.3, -0.25) is 5.10 Å². The smallest absolute Gasteiger partial charge is 0.130 e. The van der Waals surface area contributed by atoms with Crippen molar-refractivity contribution in [3.8, 4) is 22.8 Å². The van der Waals surface area contributed by atoms with E-state index in [4.69, 9.17) is 9.47 Å². The molecule has 0 atom stereocenters. The van der Waals surface area contributed by atoms with Crippen molar-refractivity contribution in [2.75, 3.05) is 39.7 Å². The number of hydrogen-bond donors (Lipinski definition) is 2. The molecule has 0 fully saturated rings. The number of ether oxygens (including phenoxy) is 2. The van der Waals surface area contributed by atoms with Gasteiger partial charge in [-0.05, 0) is 38.7 Å². The molecule has 3 aromatic rings. The standard InChI is InChI=1S/C22H26N4O2/c1-26(2)11-6-12-28-20-10-5-9-17-18(20)14-19-21(17)24-25-22(19)23-15-7-4-8-16(13-15)27-3/h4-5,7-10,13H,6,11-12,14H2,1-3H3,(H2,23,24,25). The van der Waals surface area contributed by atoms with Gasteiger partial charge in [-0.2, -0.15) is 5.10 Å². The van der Waals surface area contributed by atoms with E-state index in [2.05, 4.69) is 46.6 Å². The van der Waals surface area contributed by atoms with Crippen LogP contribution < -0.4 is 14.8 Å². The zero-order valence-electron chi connectivity index (χ0n) is 16.6. The summed E-state index contributed by atoms with van der Waals surface area (Å²) in [7, 11) is 5.83. The number of hydrogen-bond acceptors (Lipinski definition) is 5. The molecule has 0 amide bonds. The van der Waals surface area contributed by atoms with Crippen LogP contribution in [0.25, 0.3) is 11.3 Å². The zero-order chi connectivity index (χ0) is 19.5. The number of benzene rings is 2. The molecule has 2 N–H and O–H groups in total. The fourth-order valence-corrected chi connectivity index (χ4v) is 3.55. The number of fused-ring (bicyclic) bond motifs is 3. The minimum Gasteiger partial charge on any atom is -0.497 e. The predicted molar refractivity (Wildman–Crippen MR) is 112 cm³/mol. The van der Waals surface area contributed by atoms with Gasteiger partial charge < -0.3 is 19.7 Å². The molecule has 2 aromatic carbocycles. The number of anilines is 2. The van der Waals surface area contributed by atoms with Crippen LogP contribution in [0.3, 0.4) is 0 Å². The van der Waals surface area contributed by atoms with Crippen molar-refractivity contribution in [1.29, 1.82) is 0 Å². The van der Waals surface area contributed by atoms with Crippen LogP contribution in [0.15, 0.2) is 42.5 Å². The van der Waals surface area contributed by atoms with E-state index in [1.54, 1.807) is 7.11 Å². The number of nitrogens with zero attached hydrogens (tertiary/aromatic N) is 2. The Morgan fingerprint density at radius 1 is 1.14 bits per heavy atom. The molecule has 146 valence electrons. The Balaban J connectivity index is 1.52. The van der Waals surface area contributed by atoms with Gasteiger partial charge in [0.2, 0.25) is 0 Å². The summed E-state index contributed by atoms with van der Waals surface area (Å²) in [5.41, 5.74) is 5.49. The molecule has 0 bridgehead atoms. The van der Waals surface area contributed by atoms with Gasteiger partial charge in [0.25, 0.3) is 0 Å². The van der Waals surface area contributed by atoms with Gasteiger partial charge in [0.15, 0.2) is 0 Å². The van der Waals surface area contributed by atoms with Crippen LogP contribution in [0.5, 0.6) is 11.5 Å². The number of nitrogens with one attached hydrogen (secondary N) is 2. The summed E-state index contributed by atoms with van der Waals surface area (Å²) in [5, 5.41) is 11.1. The van der Waals surface area contributed by atoms with Gasteiger partial charge in [0.1, 0.15) is 17.3 Å². The van der Waals surface area contributed by atoms with E-state index in [0.717, 1.165) is 53.6 Å². The fraction of sp³-hybridized carbons (Fsp3) is 0.318. The lowest BCUT2D eigenvalue weighted by molar-refractivity contribution is 0.280. The number of rotatable bonds is 8. The molecule has 1 aliphatic rings. The number of aromatic amines is 1. The van der Waals surface area contributed by atoms with Crippen molar-refractivity contribution in [2.24, 2.45) is 0 Å². The highest BCUT2D eigenvalue weighted by Crippen LogP contribution is 2.43. The molecule has 6 nitrogen and oxygen atoms in total. The van der Waals surface area contributed by atoms with Gasteiger partial charge in [0.05, 0.1) is 19.4 Å². The van der Waals surface area contributed by atoms with Gasteiger partial charge in [-0.25, -0.2) is 0 Å². The summed E-state index contributed by atoms with van der Waals surface area (Å²) in [6.45, 7) is 1.73. The number of aromatic nitrogens is 2. The second-order valence-electron chi connectivity index (χ2n) is 7.25. The zero-order valence-corrected chi connectivity index (χ0v) is 16.6. The van der Waals surface area contributed by atoms with Gasteiger partial charge in [-0.15, -0.1) is 0 Å². The van der Waals surface area contributed by atoms with Crippen LogP contribution >= 0.6 is 0 Å². The molecule has 1 aromatic heterocycles. The van der Waals surface area contributed by atoms with Crippen LogP contribution in [0, 0.1) is 0 Å². The minimum absolute atomic E-state index is 0.716. The van der Waals surface area contributed by atoms with Crippen molar-refractivity contribution in [1.82, 2.24) is 15.1 Å². The average Bonchev–Trinajstić information content (AvgIpc) is 3.26. The van der Waals surface area contributed by atoms with Crippen LogP contribution in [0.2, 0.25) is 0 Å². The third-order valence-electron chi connectivity index (χ3n) is 4.96. The van der Waals surface area contributed by atoms with Crippen molar-refractivity contribution in [3.63, 3.8) is 0 Å². The van der Waals surface area contributed by atoms with Gasteiger partial charge in [-0.1, -0.05) is 18.2 Å². The summed E-state index contributed by atoms with van der Waals surface area (Å²) in [6.07, 6.45) is 1.81. The highest BCUT2D eigenvalue weighted by atomic mass is 16.5. The normalized spacial score (nSPS) is 12.0. The summed E-state index contributed by atoms with van der Waals surface area (Å²) >= 11 is 0. The van der Waals surface area contributed by atoms with E-state index in [1.165, 1.54) is 11.1 Å². The highest BCUT2D eigenvalue weighted by Gasteiger charge is 2.27. The highest BCUT2D eigenvalue weighted by molar-refractivity contribution is 5.81. The van der Waals surface area contributed by atoms with E-state index >= 15 is 0 Å². The molecule has 0 saturated heterocycles. The fourth-order valence-electron chi connectivity index (χ4n) is 3.55. The third-order valence-corrected chi connectivity index (χ3v) is 4.96. The molecule has 0 unspecified atom stereocenters. The third kappa shape index (κ3) is 3.68. The maximum atomic E-state index is 6.09. The molecule has 1 heterocycles. The van der Waals surface area contributed by atoms with Gasteiger partial charge in [0, 0.05) is 41.4 Å². The second kappa shape index (κ2) is 7.94. The first kappa shape index (κ1) is 18.4. The van der Waals surface area contributed by atoms with Crippen LogP contribution in [-0.2, 0) is 6.42 Å². The lowest BCUT2D eigenvalue weighted by atomic mass is 10.1. The topological polar surface area (TPSA) is 62.4 Å². The SMILES string of the molecule is COc1cccc(Nc2[nH]nc3c2Cc2c(OCCCN(C)C)cccc2-3)c1. The lowest BCUT2D eigenvalue weighted by Crippen LogP contribution is -2.15. The summed E-state index contributed by atoms with van der Waals surface area (Å²) in [4.78, 5) is 2.17. The Kier molecular flexibility index (Phi) is 5.21. The molecule has 0 spiro atoms. The van der Waals surface area contributed by atoms with E-state index in [-0.39, 0.29) is 0 Å². The number of H-pyrrole nitrogens is 1. The van der Waals surface area contributed by atoms with Crippen molar-refractivity contribution in [3.05, 3.63) is 53.6 Å². The summed E-state index contributed by atoms with van der Waals surface area (Å²) < 4.78 is 11.4. The Bertz CT molecular complexity index is 965. The predicted octanol–water partition coefficient (Wildman–Crippen LogP) is 4.06. The largest absolute Gasteiger partial charge is 0.497 e. The van der Waals surface area contributed by atoms with Crippen molar-refractivity contribution >= 4 is 11.5 Å². The molecular formula is C22H26N4O2. The maximum Gasteiger partial charge on any atom is 0.130 e. The summed E-state index contributed by atoms with van der Waals surface area (Å²) in [6, 6.07) is 14.1. The first-order valence-electron chi connectivity index (χ1n) is 9.54. The average molecular weight is 378 g/mol. The van der Waals surface area contributed by atoms with Gasteiger partial charge >= 0.3 is 0 Å². The Morgan fingerprint density at radius 2 is 2.00 bits per heavy atom. The van der Waals surface area contributed by atoms with E-state index in [1.807, 2.05) is 30.3 Å². The molecule has 6 heteroatoms. The molecule has 0 saturated carbocycles. The molecule has 0 aliphatic heterocycles. The second-order valence-corrected chi connectivity index (χ2v) is 7.25. The maximum absolute atomic E-state index is 6.09. The van der Waals surface area contributed by atoms with Crippen LogP contribution in [0.1, 0.15) is 17.5 Å². The van der Waals surface area contributed by atoms with Crippen LogP contribution in [0.4, 0.5) is 11.5 Å². The van der Waals surface area contributed by atoms with Crippen molar-refractivity contribution in [2.45, 2.75) is 12.8 Å². The minimum atomic E-state index is 0.716. The van der Waals surface area contributed by atoms with E-state index in [9.17, 15) is 0 Å².